The van der Waals surface area contributed by atoms with Gasteiger partial charge in [-0.3, -0.25) is 4.90 Å². The standard InChI is InChI=1S/C15H24ClNO2/c1-3-14(4-2)17(8-10-18)9-11-19-15-7-5-6-13(16)12-15/h5-7,12,14,18H,3-4,8-11H2,1-2H3. The SMILES string of the molecule is CCC(CC)N(CCO)CCOc1cccc(Cl)c1. The molecule has 0 heterocycles. The van der Waals surface area contributed by atoms with Crippen molar-refractivity contribution in [1.82, 2.24) is 4.90 Å². The Hall–Kier alpha value is -0.770. The van der Waals surface area contributed by atoms with E-state index in [1.54, 1.807) is 0 Å². The largest absolute Gasteiger partial charge is 0.492 e. The molecule has 3 nitrogen and oxygen atoms in total. The smallest absolute Gasteiger partial charge is 0.120 e. The molecule has 0 unspecified atom stereocenters. The van der Waals surface area contributed by atoms with Gasteiger partial charge in [-0.25, -0.2) is 0 Å². The zero-order valence-electron chi connectivity index (χ0n) is 11.8. The summed E-state index contributed by atoms with van der Waals surface area (Å²) in [5, 5.41) is 9.81. The van der Waals surface area contributed by atoms with Crippen LogP contribution >= 0.6 is 11.6 Å². The van der Waals surface area contributed by atoms with Crippen LogP contribution in [0.5, 0.6) is 5.75 Å². The molecule has 0 saturated carbocycles. The van der Waals surface area contributed by atoms with Gasteiger partial charge < -0.3 is 9.84 Å². The molecule has 0 aromatic heterocycles. The Morgan fingerprint density at radius 2 is 2.00 bits per heavy atom. The lowest BCUT2D eigenvalue weighted by Crippen LogP contribution is -2.39. The van der Waals surface area contributed by atoms with Crippen LogP contribution in [0.2, 0.25) is 5.02 Å². The molecule has 0 spiro atoms. The molecular weight excluding hydrogens is 262 g/mol. The molecule has 0 aliphatic rings. The summed E-state index contributed by atoms with van der Waals surface area (Å²) in [6.07, 6.45) is 2.18. The van der Waals surface area contributed by atoms with Crippen LogP contribution in [0.4, 0.5) is 0 Å². The lowest BCUT2D eigenvalue weighted by Gasteiger charge is -2.29. The number of rotatable bonds is 9. The van der Waals surface area contributed by atoms with Crippen molar-refractivity contribution in [2.24, 2.45) is 0 Å². The second-order valence-corrected chi connectivity index (χ2v) is 4.97. The molecule has 108 valence electrons. The van der Waals surface area contributed by atoms with Crippen LogP contribution in [0, 0.1) is 0 Å². The lowest BCUT2D eigenvalue weighted by molar-refractivity contribution is 0.122. The summed E-state index contributed by atoms with van der Waals surface area (Å²) in [5.74, 6) is 0.793. The average molecular weight is 286 g/mol. The molecule has 19 heavy (non-hydrogen) atoms. The van der Waals surface area contributed by atoms with Gasteiger partial charge in [-0.15, -0.1) is 0 Å². The first kappa shape index (κ1) is 16.3. The molecular formula is C15H24ClNO2. The van der Waals surface area contributed by atoms with E-state index in [1.807, 2.05) is 24.3 Å². The molecule has 4 heteroatoms. The fraction of sp³-hybridized carbons (Fsp3) is 0.600. The highest BCUT2D eigenvalue weighted by Crippen LogP contribution is 2.17. The zero-order valence-corrected chi connectivity index (χ0v) is 12.6. The van der Waals surface area contributed by atoms with Gasteiger partial charge in [0.2, 0.25) is 0 Å². The maximum Gasteiger partial charge on any atom is 0.120 e. The van der Waals surface area contributed by atoms with E-state index in [0.717, 1.165) is 25.1 Å². The molecule has 0 bridgehead atoms. The molecule has 0 radical (unpaired) electrons. The first-order valence-corrected chi connectivity index (χ1v) is 7.32. The topological polar surface area (TPSA) is 32.7 Å². The van der Waals surface area contributed by atoms with Crippen molar-refractivity contribution in [3.05, 3.63) is 29.3 Å². The fourth-order valence-corrected chi connectivity index (χ4v) is 2.43. The molecule has 0 atom stereocenters. The van der Waals surface area contributed by atoms with Gasteiger partial charge in [0.15, 0.2) is 0 Å². The van der Waals surface area contributed by atoms with E-state index in [-0.39, 0.29) is 6.61 Å². The Morgan fingerprint density at radius 1 is 1.26 bits per heavy atom. The van der Waals surface area contributed by atoms with Gasteiger partial charge in [-0.1, -0.05) is 31.5 Å². The average Bonchev–Trinajstić information content (AvgIpc) is 2.40. The first-order chi connectivity index (χ1) is 9.21. The highest BCUT2D eigenvalue weighted by molar-refractivity contribution is 6.30. The normalized spacial score (nSPS) is 11.3. The van der Waals surface area contributed by atoms with Crippen LogP contribution in [0.3, 0.4) is 0 Å². The van der Waals surface area contributed by atoms with Crippen molar-refractivity contribution in [3.8, 4) is 5.75 Å². The van der Waals surface area contributed by atoms with Crippen LogP contribution in [-0.2, 0) is 0 Å². The van der Waals surface area contributed by atoms with Crippen LogP contribution in [0.1, 0.15) is 26.7 Å². The van der Waals surface area contributed by atoms with Crippen LogP contribution < -0.4 is 4.74 Å². The van der Waals surface area contributed by atoms with Crippen molar-refractivity contribution < 1.29 is 9.84 Å². The quantitative estimate of drug-likeness (QED) is 0.756. The third-order valence-electron chi connectivity index (χ3n) is 3.29. The van der Waals surface area contributed by atoms with Crippen LogP contribution in [0.25, 0.3) is 0 Å². The number of halogens is 1. The van der Waals surface area contributed by atoms with Gasteiger partial charge in [0.1, 0.15) is 12.4 Å². The summed E-state index contributed by atoms with van der Waals surface area (Å²) in [6, 6.07) is 7.94. The van der Waals surface area contributed by atoms with E-state index in [4.69, 9.17) is 21.4 Å². The van der Waals surface area contributed by atoms with E-state index < -0.39 is 0 Å². The molecule has 1 N–H and O–H groups in total. The summed E-state index contributed by atoms with van der Waals surface area (Å²) in [6.45, 7) is 6.67. The van der Waals surface area contributed by atoms with Crippen molar-refractivity contribution in [3.63, 3.8) is 0 Å². The third kappa shape index (κ3) is 5.81. The Balaban J connectivity index is 2.43. The van der Waals surface area contributed by atoms with Crippen LogP contribution in [-0.4, -0.2) is 42.4 Å². The van der Waals surface area contributed by atoms with Crippen molar-refractivity contribution in [2.45, 2.75) is 32.7 Å². The number of benzene rings is 1. The summed E-state index contributed by atoms with van der Waals surface area (Å²) in [7, 11) is 0. The molecule has 1 rings (SSSR count). The maximum atomic E-state index is 9.13. The number of hydrogen-bond donors (Lipinski definition) is 1. The molecule has 0 aliphatic carbocycles. The summed E-state index contributed by atoms with van der Waals surface area (Å²) in [4.78, 5) is 2.28. The molecule has 1 aromatic rings. The predicted molar refractivity (Wildman–Crippen MR) is 80.0 cm³/mol. The van der Waals surface area contributed by atoms with Crippen molar-refractivity contribution >= 4 is 11.6 Å². The van der Waals surface area contributed by atoms with Gasteiger partial charge in [0.05, 0.1) is 6.61 Å². The first-order valence-electron chi connectivity index (χ1n) is 6.94. The Bertz CT molecular complexity index is 356. The molecule has 0 saturated heterocycles. The van der Waals surface area contributed by atoms with E-state index in [1.165, 1.54) is 0 Å². The number of aliphatic hydroxyl groups is 1. The predicted octanol–water partition coefficient (Wildman–Crippen LogP) is 3.20. The second-order valence-electron chi connectivity index (χ2n) is 4.54. The summed E-state index contributed by atoms with van der Waals surface area (Å²) >= 11 is 5.91. The van der Waals surface area contributed by atoms with E-state index in [2.05, 4.69) is 18.7 Å². The van der Waals surface area contributed by atoms with Gasteiger partial charge in [0.25, 0.3) is 0 Å². The van der Waals surface area contributed by atoms with E-state index in [9.17, 15) is 0 Å². The Labute approximate surface area is 121 Å². The van der Waals surface area contributed by atoms with Crippen molar-refractivity contribution in [1.29, 1.82) is 0 Å². The monoisotopic (exact) mass is 285 g/mol. The van der Waals surface area contributed by atoms with Gasteiger partial charge in [-0.2, -0.15) is 0 Å². The zero-order chi connectivity index (χ0) is 14.1. The molecule has 0 amide bonds. The fourth-order valence-electron chi connectivity index (χ4n) is 2.25. The minimum atomic E-state index is 0.188. The minimum Gasteiger partial charge on any atom is -0.492 e. The number of nitrogens with zero attached hydrogens (tertiary/aromatic N) is 1. The van der Waals surface area contributed by atoms with Gasteiger partial charge in [-0.05, 0) is 31.0 Å². The number of hydrogen-bond acceptors (Lipinski definition) is 3. The van der Waals surface area contributed by atoms with Gasteiger partial charge in [0, 0.05) is 24.2 Å². The van der Waals surface area contributed by atoms with E-state index in [0.29, 0.717) is 24.2 Å². The Kier molecular flexibility index (Phi) is 7.87. The molecule has 0 fully saturated rings. The summed E-state index contributed by atoms with van der Waals surface area (Å²) in [5.41, 5.74) is 0. The maximum absolute atomic E-state index is 9.13. The minimum absolute atomic E-state index is 0.188. The molecule has 1 aromatic carbocycles. The highest BCUT2D eigenvalue weighted by atomic mass is 35.5. The Morgan fingerprint density at radius 3 is 2.58 bits per heavy atom. The third-order valence-corrected chi connectivity index (χ3v) is 3.52. The molecule has 0 aliphatic heterocycles. The lowest BCUT2D eigenvalue weighted by atomic mass is 10.1. The number of aliphatic hydroxyl groups excluding tert-OH is 1. The van der Waals surface area contributed by atoms with Gasteiger partial charge >= 0.3 is 0 Å². The van der Waals surface area contributed by atoms with Crippen LogP contribution in [0.15, 0.2) is 24.3 Å². The number of ether oxygens (including phenoxy) is 1. The second kappa shape index (κ2) is 9.18. The highest BCUT2D eigenvalue weighted by Gasteiger charge is 2.14. The van der Waals surface area contributed by atoms with E-state index >= 15 is 0 Å². The van der Waals surface area contributed by atoms with Crippen molar-refractivity contribution in [2.75, 3.05) is 26.3 Å². The summed E-state index contributed by atoms with van der Waals surface area (Å²) < 4.78 is 5.70.